The van der Waals surface area contributed by atoms with Gasteiger partial charge in [-0.25, -0.2) is 9.79 Å². The van der Waals surface area contributed by atoms with Crippen LogP contribution in [-0.4, -0.2) is 37.0 Å². The van der Waals surface area contributed by atoms with E-state index in [0.29, 0.717) is 60.1 Å². The number of nitrogens with zero attached hydrogens (tertiary/aromatic N) is 2. The van der Waals surface area contributed by atoms with E-state index in [1.165, 1.54) is 23.0 Å². The molecule has 0 amide bonds. The molecule has 3 aromatic rings. The van der Waals surface area contributed by atoms with Crippen molar-refractivity contribution in [3.05, 3.63) is 82.5 Å². The van der Waals surface area contributed by atoms with Crippen molar-refractivity contribution in [1.29, 1.82) is 0 Å². The smallest absolute Gasteiger partial charge is 0.338 e. The molecule has 2 aromatic carbocycles. The minimum Gasteiger partial charge on any atom is -0.493 e. The van der Waals surface area contributed by atoms with Crippen LogP contribution in [0.4, 0.5) is 0 Å². The lowest BCUT2D eigenvalue weighted by Gasteiger charge is -2.25. The summed E-state index contributed by atoms with van der Waals surface area (Å²) in [4.78, 5) is 32.1. The number of rotatable bonds is 9. The highest BCUT2D eigenvalue weighted by molar-refractivity contribution is 7.07. The normalized spacial score (nSPS) is 15.1. The molecule has 8 nitrogen and oxygen atoms in total. The molecule has 0 bridgehead atoms. The van der Waals surface area contributed by atoms with Crippen molar-refractivity contribution < 1.29 is 23.7 Å². The number of halogens is 2. The Balaban J connectivity index is 1.93. The van der Waals surface area contributed by atoms with Crippen LogP contribution in [0.25, 0.3) is 6.08 Å². The van der Waals surface area contributed by atoms with E-state index in [1.807, 2.05) is 26.8 Å². The van der Waals surface area contributed by atoms with Gasteiger partial charge in [0.25, 0.3) is 5.56 Å². The van der Waals surface area contributed by atoms with Crippen molar-refractivity contribution in [1.82, 2.24) is 4.57 Å². The highest BCUT2D eigenvalue weighted by Crippen LogP contribution is 2.37. The summed E-state index contributed by atoms with van der Waals surface area (Å²) in [5, 5.41) is 0.671. The monoisotopic (exact) mass is 604 g/mol. The van der Waals surface area contributed by atoms with Crippen LogP contribution >= 0.6 is 34.5 Å². The van der Waals surface area contributed by atoms with Gasteiger partial charge in [-0.05, 0) is 76.1 Å². The second-order valence-corrected chi connectivity index (χ2v) is 10.9. The van der Waals surface area contributed by atoms with Gasteiger partial charge < -0.3 is 18.9 Å². The Hall–Kier alpha value is -3.27. The molecule has 4 rings (SSSR count). The van der Waals surface area contributed by atoms with Crippen molar-refractivity contribution in [2.75, 3.05) is 20.3 Å². The predicted octanol–water partition coefficient (Wildman–Crippen LogP) is 5.30. The van der Waals surface area contributed by atoms with Gasteiger partial charge in [-0.3, -0.25) is 9.36 Å². The van der Waals surface area contributed by atoms with Crippen LogP contribution in [0.5, 0.6) is 17.2 Å². The number of aromatic nitrogens is 1. The maximum absolute atomic E-state index is 13.9. The second-order valence-electron chi connectivity index (χ2n) is 9.13. The number of fused-ring (bicyclic) bond motifs is 1. The standard InChI is InChI=1S/C29H30Cl2N2O6S/c1-7-37-26-19(30)11-17(12-20(26)31)13-23-27(34)33-25(18-9-10-21(39-15(3)4)22(14-18)36-6)24(28(35)38-8-2)16(5)32-29(33)40-23/h9-15,25H,7-8H2,1-6H3/b23-13-/t25-/m1/s1. The van der Waals surface area contributed by atoms with E-state index in [1.54, 1.807) is 44.2 Å². The molecule has 1 atom stereocenters. The van der Waals surface area contributed by atoms with Gasteiger partial charge in [0.05, 0.1) is 58.3 Å². The molecule has 212 valence electrons. The number of benzene rings is 2. The summed E-state index contributed by atoms with van der Waals surface area (Å²) < 4.78 is 24.3. The van der Waals surface area contributed by atoms with Crippen molar-refractivity contribution in [3.8, 4) is 17.2 Å². The molecule has 40 heavy (non-hydrogen) atoms. The molecule has 0 saturated carbocycles. The molecule has 1 aliphatic heterocycles. The fraction of sp³-hybridized carbons (Fsp3) is 0.345. The Bertz CT molecular complexity index is 1630. The number of thiazole rings is 1. The fourth-order valence-corrected chi connectivity index (χ4v) is 6.07. The van der Waals surface area contributed by atoms with E-state index in [0.717, 1.165) is 0 Å². The molecule has 2 heterocycles. The van der Waals surface area contributed by atoms with Crippen molar-refractivity contribution in [3.63, 3.8) is 0 Å². The average molecular weight is 606 g/mol. The summed E-state index contributed by atoms with van der Waals surface area (Å²) in [5.41, 5.74) is 1.67. The first-order valence-corrected chi connectivity index (χ1v) is 14.3. The molecule has 0 aliphatic carbocycles. The van der Waals surface area contributed by atoms with E-state index in [2.05, 4.69) is 4.99 Å². The highest BCUT2D eigenvalue weighted by Gasteiger charge is 2.34. The first kappa shape index (κ1) is 29.7. The topological polar surface area (TPSA) is 88.4 Å². The first-order chi connectivity index (χ1) is 19.1. The Morgan fingerprint density at radius 2 is 1.82 bits per heavy atom. The summed E-state index contributed by atoms with van der Waals surface area (Å²) in [6.07, 6.45) is 1.62. The maximum atomic E-state index is 13.9. The molecule has 0 spiro atoms. The summed E-state index contributed by atoms with van der Waals surface area (Å²) >= 11 is 14.0. The summed E-state index contributed by atoms with van der Waals surface area (Å²) in [7, 11) is 1.54. The minimum absolute atomic E-state index is 0.0701. The zero-order chi connectivity index (χ0) is 29.1. The van der Waals surface area contributed by atoms with Crippen molar-refractivity contribution >= 4 is 46.6 Å². The number of hydrogen-bond acceptors (Lipinski definition) is 8. The Kier molecular flexibility index (Phi) is 9.28. The van der Waals surface area contributed by atoms with Gasteiger partial charge in [-0.15, -0.1) is 0 Å². The molecule has 0 radical (unpaired) electrons. The number of hydrogen-bond donors (Lipinski definition) is 0. The molecule has 1 aromatic heterocycles. The lowest BCUT2D eigenvalue weighted by Crippen LogP contribution is -2.40. The van der Waals surface area contributed by atoms with Gasteiger partial charge in [-0.1, -0.05) is 40.6 Å². The quantitative estimate of drug-likeness (QED) is 0.308. The summed E-state index contributed by atoms with van der Waals surface area (Å²) in [6, 6.07) is 7.91. The number of carbonyl (C=O) groups is 1. The molecule has 1 aliphatic rings. The average Bonchev–Trinajstić information content (AvgIpc) is 3.19. The van der Waals surface area contributed by atoms with Crippen LogP contribution in [0.3, 0.4) is 0 Å². The van der Waals surface area contributed by atoms with Gasteiger partial charge in [0.15, 0.2) is 22.0 Å². The predicted molar refractivity (Wildman–Crippen MR) is 157 cm³/mol. The van der Waals surface area contributed by atoms with Crippen LogP contribution in [-0.2, 0) is 9.53 Å². The molecule has 0 unspecified atom stereocenters. The number of allylic oxidation sites excluding steroid dienone is 1. The molecular weight excluding hydrogens is 575 g/mol. The Morgan fingerprint density at radius 3 is 2.42 bits per heavy atom. The molecule has 0 fully saturated rings. The minimum atomic E-state index is -0.799. The molecule has 0 N–H and O–H groups in total. The third-order valence-corrected chi connectivity index (χ3v) is 7.53. The largest absolute Gasteiger partial charge is 0.493 e. The molecular formula is C29H30Cl2N2O6S. The van der Waals surface area contributed by atoms with Crippen LogP contribution in [0.2, 0.25) is 10.0 Å². The summed E-state index contributed by atoms with van der Waals surface area (Å²) in [5.74, 6) is 0.869. The Morgan fingerprint density at radius 1 is 1.12 bits per heavy atom. The lowest BCUT2D eigenvalue weighted by molar-refractivity contribution is -0.139. The third kappa shape index (κ3) is 5.92. The molecule has 0 saturated heterocycles. The van der Waals surface area contributed by atoms with Gasteiger partial charge in [-0.2, -0.15) is 0 Å². The summed E-state index contributed by atoms with van der Waals surface area (Å²) in [6.45, 7) is 9.72. The van der Waals surface area contributed by atoms with Crippen LogP contribution < -0.4 is 29.1 Å². The number of esters is 1. The maximum Gasteiger partial charge on any atom is 0.338 e. The van der Waals surface area contributed by atoms with Gasteiger partial charge in [0, 0.05) is 0 Å². The SMILES string of the molecule is CCOC(=O)C1=C(C)N=c2s/c(=C\c3cc(Cl)c(OCC)c(Cl)c3)c(=O)n2[C@@H]1c1ccc(OC(C)C)c(OC)c1. The van der Waals surface area contributed by atoms with E-state index >= 15 is 0 Å². The fourth-order valence-electron chi connectivity index (χ4n) is 4.41. The number of methoxy groups -OCH3 is 1. The number of carbonyl (C=O) groups excluding carboxylic acids is 1. The Labute approximate surface area is 246 Å². The molecule has 11 heteroatoms. The number of ether oxygens (including phenoxy) is 4. The highest BCUT2D eigenvalue weighted by atomic mass is 35.5. The van der Waals surface area contributed by atoms with Crippen molar-refractivity contribution in [2.24, 2.45) is 4.99 Å². The zero-order valence-electron chi connectivity index (χ0n) is 23.0. The van der Waals surface area contributed by atoms with Crippen LogP contribution in [0.1, 0.15) is 51.8 Å². The van der Waals surface area contributed by atoms with Gasteiger partial charge in [0.1, 0.15) is 0 Å². The van der Waals surface area contributed by atoms with Crippen molar-refractivity contribution in [2.45, 2.75) is 46.8 Å². The van der Waals surface area contributed by atoms with Crippen LogP contribution in [0, 0.1) is 0 Å². The van der Waals surface area contributed by atoms with Gasteiger partial charge >= 0.3 is 5.97 Å². The van der Waals surface area contributed by atoms with E-state index in [-0.39, 0.29) is 23.8 Å². The van der Waals surface area contributed by atoms with Crippen LogP contribution in [0.15, 0.2) is 51.4 Å². The third-order valence-electron chi connectivity index (χ3n) is 5.99. The van der Waals surface area contributed by atoms with Gasteiger partial charge in [0.2, 0.25) is 0 Å². The lowest BCUT2D eigenvalue weighted by atomic mass is 9.95. The van der Waals surface area contributed by atoms with E-state index in [4.69, 9.17) is 42.1 Å². The first-order valence-electron chi connectivity index (χ1n) is 12.8. The second kappa shape index (κ2) is 12.5. The van der Waals surface area contributed by atoms with E-state index < -0.39 is 12.0 Å². The zero-order valence-corrected chi connectivity index (χ0v) is 25.4. The van der Waals surface area contributed by atoms with E-state index in [9.17, 15) is 9.59 Å².